The molecule has 1 rings (SSSR count). The predicted molar refractivity (Wildman–Crippen MR) is 82.5 cm³/mol. The zero-order chi connectivity index (χ0) is 13.6. The Hall–Kier alpha value is -0.470. The third-order valence-electron chi connectivity index (χ3n) is 3.09. The summed E-state index contributed by atoms with van der Waals surface area (Å²) >= 11 is 1.89. The number of aliphatic hydroxyl groups is 1. The van der Waals surface area contributed by atoms with Crippen molar-refractivity contribution in [3.8, 4) is 0 Å². The van der Waals surface area contributed by atoms with Crippen LogP contribution in [0.4, 0.5) is 0 Å². The Morgan fingerprint density at radius 1 is 1.17 bits per heavy atom. The van der Waals surface area contributed by atoms with Gasteiger partial charge in [-0.15, -0.1) is 0 Å². The predicted octanol–water partition coefficient (Wildman–Crippen LogP) is 4.03. The van der Waals surface area contributed by atoms with Crippen molar-refractivity contribution in [1.29, 1.82) is 0 Å². The van der Waals surface area contributed by atoms with Gasteiger partial charge in [-0.05, 0) is 40.9 Å². The maximum absolute atomic E-state index is 9.95. The average Bonchev–Trinajstić information content (AvgIpc) is 2.29. The third kappa shape index (κ3) is 5.45. The van der Waals surface area contributed by atoms with Gasteiger partial charge >= 0.3 is 0 Å². The van der Waals surface area contributed by atoms with E-state index in [1.165, 1.54) is 11.1 Å². The highest BCUT2D eigenvalue weighted by Gasteiger charge is 2.13. The van der Waals surface area contributed by atoms with E-state index in [4.69, 9.17) is 0 Å². The second kappa shape index (κ2) is 7.20. The highest BCUT2D eigenvalue weighted by Crippen LogP contribution is 2.22. The van der Waals surface area contributed by atoms with E-state index in [1.807, 2.05) is 11.8 Å². The minimum Gasteiger partial charge on any atom is -0.393 e. The normalized spacial score (nSPS) is 13.6. The fraction of sp³-hybridized carbons (Fsp3) is 0.625. The van der Waals surface area contributed by atoms with Gasteiger partial charge < -0.3 is 5.11 Å². The molecule has 0 bridgehead atoms. The smallest absolute Gasteiger partial charge is 0.0588 e. The number of thioether (sulfide) groups is 1. The van der Waals surface area contributed by atoms with Gasteiger partial charge in [0, 0.05) is 0 Å². The van der Waals surface area contributed by atoms with Crippen molar-refractivity contribution in [1.82, 2.24) is 0 Å². The van der Waals surface area contributed by atoms with Crippen molar-refractivity contribution in [3.05, 3.63) is 35.4 Å². The van der Waals surface area contributed by atoms with Crippen LogP contribution in [0.25, 0.3) is 0 Å². The Bertz CT molecular complexity index is 337. The summed E-state index contributed by atoms with van der Waals surface area (Å²) in [4.78, 5) is 0. The van der Waals surface area contributed by atoms with Gasteiger partial charge in [0.15, 0.2) is 0 Å². The van der Waals surface area contributed by atoms with Crippen LogP contribution in [-0.2, 0) is 11.8 Å². The topological polar surface area (TPSA) is 20.2 Å². The van der Waals surface area contributed by atoms with E-state index in [1.54, 1.807) is 0 Å². The molecule has 0 saturated carbocycles. The van der Waals surface area contributed by atoms with Gasteiger partial charge in [-0.2, -0.15) is 11.8 Å². The van der Waals surface area contributed by atoms with E-state index in [0.717, 1.165) is 24.3 Å². The SMILES string of the molecule is CCSCCC(O)Cc1ccc(C(C)(C)C)cc1. The van der Waals surface area contributed by atoms with Gasteiger partial charge in [-0.25, -0.2) is 0 Å². The maximum atomic E-state index is 9.95. The first kappa shape index (κ1) is 15.6. The number of aliphatic hydroxyl groups excluding tert-OH is 1. The first-order chi connectivity index (χ1) is 8.43. The van der Waals surface area contributed by atoms with Crippen LogP contribution >= 0.6 is 11.8 Å². The molecule has 0 radical (unpaired) electrons. The summed E-state index contributed by atoms with van der Waals surface area (Å²) < 4.78 is 0. The first-order valence-electron chi connectivity index (χ1n) is 6.78. The van der Waals surface area contributed by atoms with Crippen molar-refractivity contribution in [2.75, 3.05) is 11.5 Å². The fourth-order valence-electron chi connectivity index (χ4n) is 1.88. The van der Waals surface area contributed by atoms with Gasteiger partial charge in [0.25, 0.3) is 0 Å². The largest absolute Gasteiger partial charge is 0.393 e. The van der Waals surface area contributed by atoms with Gasteiger partial charge in [0.2, 0.25) is 0 Å². The molecule has 2 heteroatoms. The van der Waals surface area contributed by atoms with Crippen LogP contribution in [0.5, 0.6) is 0 Å². The zero-order valence-electron chi connectivity index (χ0n) is 12.1. The third-order valence-corrected chi connectivity index (χ3v) is 4.02. The van der Waals surface area contributed by atoms with Crippen LogP contribution in [0.2, 0.25) is 0 Å². The lowest BCUT2D eigenvalue weighted by Gasteiger charge is -2.19. The molecule has 0 aromatic heterocycles. The molecule has 0 aliphatic carbocycles. The molecule has 0 spiro atoms. The summed E-state index contributed by atoms with van der Waals surface area (Å²) in [6.45, 7) is 8.82. The van der Waals surface area contributed by atoms with E-state index in [2.05, 4.69) is 52.0 Å². The number of rotatable bonds is 6. The van der Waals surface area contributed by atoms with Gasteiger partial charge in [-0.3, -0.25) is 0 Å². The molecular formula is C16H26OS. The van der Waals surface area contributed by atoms with E-state index in [9.17, 15) is 5.11 Å². The van der Waals surface area contributed by atoms with Crippen molar-refractivity contribution < 1.29 is 5.11 Å². The van der Waals surface area contributed by atoms with E-state index >= 15 is 0 Å². The average molecular weight is 266 g/mol. The van der Waals surface area contributed by atoms with Crippen molar-refractivity contribution in [2.24, 2.45) is 0 Å². The summed E-state index contributed by atoms with van der Waals surface area (Å²) in [6.07, 6.45) is 1.46. The molecule has 1 atom stereocenters. The minimum absolute atomic E-state index is 0.203. The van der Waals surface area contributed by atoms with Crippen LogP contribution in [0.1, 0.15) is 45.2 Å². The zero-order valence-corrected chi connectivity index (χ0v) is 12.9. The maximum Gasteiger partial charge on any atom is 0.0588 e. The molecule has 1 unspecified atom stereocenters. The lowest BCUT2D eigenvalue weighted by molar-refractivity contribution is 0.172. The van der Waals surface area contributed by atoms with Crippen molar-refractivity contribution in [3.63, 3.8) is 0 Å². The summed E-state index contributed by atoms with van der Waals surface area (Å²) in [5, 5.41) is 9.95. The van der Waals surface area contributed by atoms with E-state index < -0.39 is 0 Å². The van der Waals surface area contributed by atoms with Crippen LogP contribution < -0.4 is 0 Å². The highest BCUT2D eigenvalue weighted by molar-refractivity contribution is 7.99. The quantitative estimate of drug-likeness (QED) is 0.784. The summed E-state index contributed by atoms with van der Waals surface area (Å²) in [5.41, 5.74) is 2.79. The molecule has 1 nitrogen and oxygen atoms in total. The van der Waals surface area contributed by atoms with Crippen molar-refractivity contribution in [2.45, 2.75) is 52.1 Å². The molecule has 0 heterocycles. The van der Waals surface area contributed by atoms with E-state index in [-0.39, 0.29) is 11.5 Å². The van der Waals surface area contributed by atoms with Gasteiger partial charge in [0.05, 0.1) is 6.10 Å². The van der Waals surface area contributed by atoms with Gasteiger partial charge in [0.1, 0.15) is 0 Å². The molecule has 0 aliphatic rings. The lowest BCUT2D eigenvalue weighted by Crippen LogP contribution is -2.13. The first-order valence-corrected chi connectivity index (χ1v) is 7.94. The molecule has 1 aromatic rings. The number of hydrogen-bond donors (Lipinski definition) is 1. The van der Waals surface area contributed by atoms with E-state index in [0.29, 0.717) is 0 Å². The second-order valence-electron chi connectivity index (χ2n) is 5.79. The molecule has 102 valence electrons. The summed E-state index contributed by atoms with van der Waals surface area (Å²) in [5.74, 6) is 2.19. The Morgan fingerprint density at radius 3 is 2.28 bits per heavy atom. The van der Waals surface area contributed by atoms with Gasteiger partial charge in [-0.1, -0.05) is 52.0 Å². The second-order valence-corrected chi connectivity index (χ2v) is 7.18. The monoisotopic (exact) mass is 266 g/mol. The molecule has 0 aliphatic heterocycles. The minimum atomic E-state index is -0.204. The standard InChI is InChI=1S/C16H26OS/c1-5-18-11-10-15(17)12-13-6-8-14(9-7-13)16(2,3)4/h6-9,15,17H,5,10-12H2,1-4H3. The Kier molecular flexibility index (Phi) is 6.24. The number of hydrogen-bond acceptors (Lipinski definition) is 2. The van der Waals surface area contributed by atoms with Crippen LogP contribution in [0.3, 0.4) is 0 Å². The molecular weight excluding hydrogens is 240 g/mol. The van der Waals surface area contributed by atoms with Crippen LogP contribution in [0.15, 0.2) is 24.3 Å². The lowest BCUT2D eigenvalue weighted by atomic mass is 9.86. The van der Waals surface area contributed by atoms with Crippen molar-refractivity contribution >= 4 is 11.8 Å². The molecule has 0 amide bonds. The molecule has 1 N–H and O–H groups in total. The molecule has 0 saturated heterocycles. The number of benzene rings is 1. The molecule has 1 aromatic carbocycles. The highest BCUT2D eigenvalue weighted by atomic mass is 32.2. The molecule has 18 heavy (non-hydrogen) atoms. The Balaban J connectivity index is 2.48. The van der Waals surface area contributed by atoms with Crippen LogP contribution in [-0.4, -0.2) is 22.7 Å². The Labute approximate surface area is 116 Å². The Morgan fingerprint density at radius 2 is 1.78 bits per heavy atom. The summed E-state index contributed by atoms with van der Waals surface area (Å²) in [7, 11) is 0. The summed E-state index contributed by atoms with van der Waals surface area (Å²) in [6, 6.07) is 8.67. The van der Waals surface area contributed by atoms with Crippen LogP contribution in [0, 0.1) is 0 Å². The fourth-order valence-corrected chi connectivity index (χ4v) is 2.61. The molecule has 0 fully saturated rings.